The van der Waals surface area contributed by atoms with Crippen LogP contribution in [-0.2, 0) is 14.2 Å². The largest absolute Gasteiger partial charge is 0.464 e. The zero-order valence-electron chi connectivity index (χ0n) is 18.1. The highest BCUT2D eigenvalue weighted by atomic mass is 16.8. The number of carbonyl (C=O) groups is 1. The monoisotopic (exact) mass is 464 g/mol. The van der Waals surface area contributed by atoms with Crippen LogP contribution < -0.4 is 4.74 Å². The molecule has 0 spiro atoms. The van der Waals surface area contributed by atoms with Gasteiger partial charge in [0.1, 0.15) is 30.2 Å². The molecule has 8 heteroatoms. The van der Waals surface area contributed by atoms with Crippen molar-refractivity contribution in [3.05, 3.63) is 96.0 Å². The van der Waals surface area contributed by atoms with E-state index in [-0.39, 0.29) is 12.4 Å². The van der Waals surface area contributed by atoms with Crippen molar-refractivity contribution in [3.8, 4) is 5.75 Å². The maximum absolute atomic E-state index is 12.4. The SMILES string of the molecule is O=C(/C=C/c1ccccc1)c1ccc(OC2OC3COC(c4ccco4)OC3C(O)C2O)cc1. The number of fused-ring (bicyclic) bond motifs is 1. The lowest BCUT2D eigenvalue weighted by atomic mass is 9.98. The van der Waals surface area contributed by atoms with Crippen LogP contribution in [0.5, 0.6) is 5.75 Å². The van der Waals surface area contributed by atoms with Gasteiger partial charge in [0.15, 0.2) is 11.5 Å². The third kappa shape index (κ3) is 4.82. The molecule has 0 radical (unpaired) electrons. The minimum absolute atomic E-state index is 0.126. The summed E-state index contributed by atoms with van der Waals surface area (Å²) < 4.78 is 28.3. The normalized spacial score (nSPS) is 29.0. The molecular formula is C26H24O8. The maximum Gasteiger partial charge on any atom is 0.229 e. The molecule has 0 aliphatic carbocycles. The number of allylic oxidation sites excluding steroid dienone is 1. The van der Waals surface area contributed by atoms with Crippen LogP contribution in [0.2, 0.25) is 0 Å². The average molecular weight is 464 g/mol. The summed E-state index contributed by atoms with van der Waals surface area (Å²) in [5, 5.41) is 21.2. The Balaban J connectivity index is 1.20. The van der Waals surface area contributed by atoms with Crippen LogP contribution in [0.3, 0.4) is 0 Å². The fourth-order valence-corrected chi connectivity index (χ4v) is 3.91. The van der Waals surface area contributed by atoms with Gasteiger partial charge in [-0.05, 0) is 48.0 Å². The van der Waals surface area contributed by atoms with Gasteiger partial charge in [-0.2, -0.15) is 0 Å². The first-order valence-electron chi connectivity index (χ1n) is 10.9. The van der Waals surface area contributed by atoms with E-state index in [1.807, 2.05) is 30.3 Å². The van der Waals surface area contributed by atoms with Crippen molar-refractivity contribution >= 4 is 11.9 Å². The summed E-state index contributed by atoms with van der Waals surface area (Å²) in [5.41, 5.74) is 1.42. The van der Waals surface area contributed by atoms with Gasteiger partial charge in [-0.25, -0.2) is 0 Å². The zero-order chi connectivity index (χ0) is 23.5. The van der Waals surface area contributed by atoms with Crippen LogP contribution in [0.4, 0.5) is 0 Å². The van der Waals surface area contributed by atoms with E-state index in [0.717, 1.165) is 5.56 Å². The van der Waals surface area contributed by atoms with Crippen molar-refractivity contribution in [2.45, 2.75) is 37.0 Å². The second-order valence-electron chi connectivity index (χ2n) is 8.06. The summed E-state index contributed by atoms with van der Waals surface area (Å²) in [5.74, 6) is 0.696. The molecule has 3 aromatic rings. The van der Waals surface area contributed by atoms with E-state index in [1.54, 1.807) is 42.5 Å². The molecule has 2 aliphatic heterocycles. The molecule has 176 valence electrons. The highest BCUT2D eigenvalue weighted by Crippen LogP contribution is 2.34. The zero-order valence-corrected chi connectivity index (χ0v) is 18.1. The van der Waals surface area contributed by atoms with E-state index in [2.05, 4.69) is 0 Å². The molecule has 2 N–H and O–H groups in total. The second kappa shape index (κ2) is 9.92. The summed E-state index contributed by atoms with van der Waals surface area (Å²) in [6.07, 6.45) is -1.23. The van der Waals surface area contributed by atoms with Crippen molar-refractivity contribution in [1.29, 1.82) is 0 Å². The molecule has 8 nitrogen and oxygen atoms in total. The van der Waals surface area contributed by atoms with E-state index < -0.39 is 37.0 Å². The fourth-order valence-electron chi connectivity index (χ4n) is 3.91. The molecule has 6 unspecified atom stereocenters. The lowest BCUT2D eigenvalue weighted by Gasteiger charge is -2.45. The van der Waals surface area contributed by atoms with Gasteiger partial charge in [0, 0.05) is 5.56 Å². The molecular weight excluding hydrogens is 440 g/mol. The predicted octanol–water partition coefficient (Wildman–Crippen LogP) is 3.12. The van der Waals surface area contributed by atoms with Crippen LogP contribution >= 0.6 is 0 Å². The number of aliphatic hydroxyl groups excluding tert-OH is 2. The summed E-state index contributed by atoms with van der Waals surface area (Å²) in [6, 6.07) is 19.4. The Labute approximate surface area is 195 Å². The third-order valence-electron chi connectivity index (χ3n) is 5.73. The van der Waals surface area contributed by atoms with Gasteiger partial charge in [-0.15, -0.1) is 0 Å². The summed E-state index contributed by atoms with van der Waals surface area (Å²) >= 11 is 0. The average Bonchev–Trinajstić information content (AvgIpc) is 3.42. The molecule has 2 aromatic carbocycles. The Hall–Kier alpha value is -3.27. The standard InChI is InChI=1S/C26H24O8/c27-19(13-8-16-5-2-1-3-6-16)17-9-11-18(12-10-17)32-26-23(29)22(28)24-21(33-26)15-31-25(34-24)20-7-4-14-30-20/h1-14,21-26,28-29H,15H2/b13-8+. The second-order valence-corrected chi connectivity index (χ2v) is 8.06. The summed E-state index contributed by atoms with van der Waals surface area (Å²) in [4.78, 5) is 12.4. The van der Waals surface area contributed by atoms with Crippen LogP contribution in [0.25, 0.3) is 6.08 Å². The number of aliphatic hydroxyl groups is 2. The molecule has 2 aliphatic rings. The molecule has 2 saturated heterocycles. The lowest BCUT2D eigenvalue weighted by molar-refractivity contribution is -0.352. The van der Waals surface area contributed by atoms with Crippen molar-refractivity contribution in [3.63, 3.8) is 0 Å². The molecule has 3 heterocycles. The minimum atomic E-state index is -1.35. The van der Waals surface area contributed by atoms with Gasteiger partial charge >= 0.3 is 0 Å². The number of benzene rings is 2. The van der Waals surface area contributed by atoms with Gasteiger partial charge in [0.05, 0.1) is 12.9 Å². The number of ketones is 1. The summed E-state index contributed by atoms with van der Waals surface area (Å²) in [7, 11) is 0. The Bertz CT molecular complexity index is 1110. The number of rotatable bonds is 6. The van der Waals surface area contributed by atoms with Crippen molar-refractivity contribution in [2.75, 3.05) is 6.61 Å². The number of furan rings is 1. The molecule has 6 atom stereocenters. The van der Waals surface area contributed by atoms with Crippen LogP contribution in [0.1, 0.15) is 28.0 Å². The first-order valence-corrected chi connectivity index (χ1v) is 10.9. The number of hydrogen-bond acceptors (Lipinski definition) is 8. The first kappa shape index (κ1) is 22.5. The van der Waals surface area contributed by atoms with Crippen molar-refractivity contribution in [2.24, 2.45) is 0 Å². The maximum atomic E-state index is 12.4. The van der Waals surface area contributed by atoms with E-state index in [0.29, 0.717) is 17.1 Å². The van der Waals surface area contributed by atoms with Crippen LogP contribution in [0, 0.1) is 0 Å². The smallest absolute Gasteiger partial charge is 0.229 e. The van der Waals surface area contributed by atoms with E-state index in [4.69, 9.17) is 23.4 Å². The minimum Gasteiger partial charge on any atom is -0.464 e. The molecule has 5 rings (SSSR count). The number of ether oxygens (including phenoxy) is 4. The van der Waals surface area contributed by atoms with Crippen molar-refractivity contribution < 1.29 is 38.4 Å². The molecule has 2 fully saturated rings. The Morgan fingerprint density at radius 3 is 2.47 bits per heavy atom. The van der Waals surface area contributed by atoms with Gasteiger partial charge < -0.3 is 33.6 Å². The first-order chi connectivity index (χ1) is 16.6. The number of hydrogen-bond donors (Lipinski definition) is 2. The Kier molecular flexibility index (Phi) is 6.57. The van der Waals surface area contributed by atoms with Crippen molar-refractivity contribution in [1.82, 2.24) is 0 Å². The Morgan fingerprint density at radius 1 is 0.941 bits per heavy atom. The van der Waals surface area contributed by atoms with Gasteiger partial charge in [-0.3, -0.25) is 4.79 Å². The van der Waals surface area contributed by atoms with E-state index >= 15 is 0 Å². The molecule has 0 saturated carbocycles. The summed E-state index contributed by atoms with van der Waals surface area (Å²) in [6.45, 7) is 0.126. The van der Waals surface area contributed by atoms with E-state index in [9.17, 15) is 15.0 Å². The highest BCUT2D eigenvalue weighted by Gasteiger charge is 2.50. The molecule has 34 heavy (non-hydrogen) atoms. The Morgan fingerprint density at radius 2 is 1.74 bits per heavy atom. The van der Waals surface area contributed by atoms with Gasteiger partial charge in [0.2, 0.25) is 12.6 Å². The topological polar surface area (TPSA) is 108 Å². The van der Waals surface area contributed by atoms with E-state index in [1.165, 1.54) is 12.3 Å². The quantitative estimate of drug-likeness (QED) is 0.423. The third-order valence-corrected chi connectivity index (χ3v) is 5.73. The van der Waals surface area contributed by atoms with Gasteiger partial charge in [0.25, 0.3) is 0 Å². The molecule has 0 amide bonds. The predicted molar refractivity (Wildman–Crippen MR) is 120 cm³/mol. The molecule has 0 bridgehead atoms. The fraction of sp³-hybridized carbons (Fsp3) is 0.269. The number of carbonyl (C=O) groups excluding carboxylic acids is 1. The van der Waals surface area contributed by atoms with Gasteiger partial charge in [-0.1, -0.05) is 36.4 Å². The highest BCUT2D eigenvalue weighted by molar-refractivity contribution is 6.06. The van der Waals surface area contributed by atoms with Crippen LogP contribution in [0.15, 0.2) is 83.5 Å². The lowest BCUT2D eigenvalue weighted by Crippen LogP contribution is -2.62. The van der Waals surface area contributed by atoms with Crippen LogP contribution in [-0.4, -0.2) is 53.3 Å². The molecule has 1 aromatic heterocycles.